The average Bonchev–Trinajstić information content (AvgIpc) is 2.98. The number of hydrogen-bond acceptors (Lipinski definition) is 5. The summed E-state index contributed by atoms with van der Waals surface area (Å²) in [6.45, 7) is 6.31. The zero-order valence-corrected chi connectivity index (χ0v) is 15.9. The summed E-state index contributed by atoms with van der Waals surface area (Å²) < 4.78 is 6.61. The Morgan fingerprint density at radius 3 is 2.88 bits per heavy atom. The van der Waals surface area contributed by atoms with E-state index >= 15 is 0 Å². The summed E-state index contributed by atoms with van der Waals surface area (Å²) in [6, 6.07) is 7.88. The summed E-state index contributed by atoms with van der Waals surface area (Å²) in [4.78, 5) is 18.8. The van der Waals surface area contributed by atoms with Gasteiger partial charge in [-0.15, -0.1) is 11.3 Å². The van der Waals surface area contributed by atoms with E-state index in [1.54, 1.807) is 4.90 Å². The van der Waals surface area contributed by atoms with Crippen molar-refractivity contribution >= 4 is 27.6 Å². The van der Waals surface area contributed by atoms with Crippen LogP contribution in [0.25, 0.3) is 10.2 Å². The molecule has 1 saturated heterocycles. The number of piperidine rings is 1. The van der Waals surface area contributed by atoms with Crippen molar-refractivity contribution in [3.8, 4) is 0 Å². The summed E-state index contributed by atoms with van der Waals surface area (Å²) in [5.41, 5.74) is 0.402. The number of ether oxygens (including phenoxy) is 1. The Morgan fingerprint density at radius 1 is 1.40 bits per heavy atom. The lowest BCUT2D eigenvalue weighted by Crippen LogP contribution is -2.46. The van der Waals surface area contributed by atoms with Crippen LogP contribution in [0.5, 0.6) is 0 Å². The van der Waals surface area contributed by atoms with E-state index in [9.17, 15) is 9.90 Å². The minimum atomic E-state index is -0.662. The van der Waals surface area contributed by atoms with E-state index in [1.165, 1.54) is 11.3 Å². The molecule has 3 rings (SSSR count). The van der Waals surface area contributed by atoms with Crippen LogP contribution in [0.2, 0.25) is 0 Å². The molecule has 1 aromatic carbocycles. The van der Waals surface area contributed by atoms with Gasteiger partial charge < -0.3 is 14.7 Å². The van der Waals surface area contributed by atoms with Crippen LogP contribution in [-0.4, -0.2) is 39.3 Å². The minimum absolute atomic E-state index is 0.00869. The molecule has 5 nitrogen and oxygen atoms in total. The number of nitrogens with zero attached hydrogens (tertiary/aromatic N) is 2. The number of hydrogen-bond donors (Lipinski definition) is 1. The van der Waals surface area contributed by atoms with Gasteiger partial charge in [0, 0.05) is 19.0 Å². The highest BCUT2D eigenvalue weighted by Crippen LogP contribution is 2.32. The van der Waals surface area contributed by atoms with E-state index in [0.29, 0.717) is 13.0 Å². The Morgan fingerprint density at radius 2 is 2.16 bits per heavy atom. The molecule has 1 aromatic heterocycles. The Balaban J connectivity index is 1.71. The molecule has 0 aliphatic carbocycles. The SMILES string of the molecule is CC(C)(C)OC(=O)N1CCCC[C@@H]1C[C@@H](O)c1nc2ccccc2s1. The Kier molecular flexibility index (Phi) is 5.29. The fraction of sp³-hybridized carbons (Fsp3) is 0.579. The summed E-state index contributed by atoms with van der Waals surface area (Å²) in [5.74, 6) is 0. The van der Waals surface area contributed by atoms with Gasteiger partial charge in [0.25, 0.3) is 0 Å². The van der Waals surface area contributed by atoms with Gasteiger partial charge in [-0.2, -0.15) is 0 Å². The maximum absolute atomic E-state index is 12.5. The van der Waals surface area contributed by atoms with E-state index in [2.05, 4.69) is 4.98 Å². The first-order chi connectivity index (χ1) is 11.8. The zero-order chi connectivity index (χ0) is 18.0. The highest BCUT2D eigenvalue weighted by atomic mass is 32.1. The molecule has 6 heteroatoms. The first-order valence-electron chi connectivity index (χ1n) is 8.86. The third-order valence-electron chi connectivity index (χ3n) is 4.35. The number of carbonyl (C=O) groups excluding carboxylic acids is 1. The molecule has 2 heterocycles. The summed E-state index contributed by atoms with van der Waals surface area (Å²) in [6.07, 6.45) is 2.49. The number of carbonyl (C=O) groups is 1. The summed E-state index contributed by atoms with van der Waals surface area (Å²) >= 11 is 1.52. The second-order valence-electron chi connectivity index (χ2n) is 7.59. The van der Waals surface area contributed by atoms with Crippen molar-refractivity contribution in [1.29, 1.82) is 0 Å². The number of aliphatic hydroxyl groups is 1. The first-order valence-corrected chi connectivity index (χ1v) is 9.68. The molecular weight excluding hydrogens is 336 g/mol. The number of benzene rings is 1. The number of amides is 1. The lowest BCUT2D eigenvalue weighted by atomic mass is 9.97. The molecule has 0 unspecified atom stereocenters. The average molecular weight is 362 g/mol. The molecule has 25 heavy (non-hydrogen) atoms. The molecule has 1 N–H and O–H groups in total. The standard InChI is InChI=1S/C19H26N2O3S/c1-19(2,3)24-18(23)21-11-7-6-8-13(21)12-15(22)17-20-14-9-4-5-10-16(14)25-17/h4-5,9-10,13,15,22H,6-8,11-12H2,1-3H3/t13-,15-/m1/s1. The number of likely N-dealkylation sites (tertiary alicyclic amines) is 1. The predicted molar refractivity (Wildman–Crippen MR) is 99.8 cm³/mol. The fourth-order valence-corrected chi connectivity index (χ4v) is 4.16. The predicted octanol–water partition coefficient (Wildman–Crippen LogP) is 4.51. The number of thiazole rings is 1. The molecule has 1 aliphatic rings. The van der Waals surface area contributed by atoms with Gasteiger partial charge in [-0.1, -0.05) is 12.1 Å². The molecule has 2 atom stereocenters. The zero-order valence-electron chi connectivity index (χ0n) is 15.1. The number of para-hydroxylation sites is 1. The number of fused-ring (bicyclic) bond motifs is 1. The molecule has 1 aliphatic heterocycles. The Bertz CT molecular complexity index is 705. The lowest BCUT2D eigenvalue weighted by Gasteiger charge is -2.37. The Hall–Kier alpha value is -1.66. The van der Waals surface area contributed by atoms with Crippen molar-refractivity contribution in [1.82, 2.24) is 9.88 Å². The molecular formula is C19H26N2O3S. The molecule has 2 aromatic rings. The minimum Gasteiger partial charge on any atom is -0.444 e. The van der Waals surface area contributed by atoms with Crippen LogP contribution in [0, 0.1) is 0 Å². The largest absolute Gasteiger partial charge is 0.444 e. The van der Waals surface area contributed by atoms with E-state index < -0.39 is 11.7 Å². The quantitative estimate of drug-likeness (QED) is 0.872. The van der Waals surface area contributed by atoms with Gasteiger partial charge in [0.15, 0.2) is 0 Å². The normalized spacial score (nSPS) is 19.8. The fourth-order valence-electron chi connectivity index (χ4n) is 3.20. The third kappa shape index (κ3) is 4.50. The van der Waals surface area contributed by atoms with Crippen molar-refractivity contribution < 1.29 is 14.6 Å². The topological polar surface area (TPSA) is 62.7 Å². The van der Waals surface area contributed by atoms with Crippen molar-refractivity contribution in [3.63, 3.8) is 0 Å². The number of aliphatic hydroxyl groups excluding tert-OH is 1. The van der Waals surface area contributed by atoms with Crippen molar-refractivity contribution in [3.05, 3.63) is 29.3 Å². The maximum Gasteiger partial charge on any atom is 0.410 e. The van der Waals surface area contributed by atoms with Crippen molar-refractivity contribution in [2.75, 3.05) is 6.54 Å². The molecule has 0 spiro atoms. The molecule has 1 fully saturated rings. The van der Waals surface area contributed by atoms with Gasteiger partial charge >= 0.3 is 6.09 Å². The van der Waals surface area contributed by atoms with Crippen LogP contribution >= 0.6 is 11.3 Å². The molecule has 1 amide bonds. The van der Waals surface area contributed by atoms with Gasteiger partial charge in [-0.05, 0) is 52.2 Å². The number of rotatable bonds is 3. The molecule has 0 bridgehead atoms. The van der Waals surface area contributed by atoms with Crippen molar-refractivity contribution in [2.45, 2.75) is 64.2 Å². The smallest absolute Gasteiger partial charge is 0.410 e. The Labute approximate surface area is 152 Å². The van der Waals surface area contributed by atoms with Crippen molar-refractivity contribution in [2.24, 2.45) is 0 Å². The highest BCUT2D eigenvalue weighted by Gasteiger charge is 2.32. The number of aromatic nitrogens is 1. The highest BCUT2D eigenvalue weighted by molar-refractivity contribution is 7.18. The maximum atomic E-state index is 12.5. The van der Waals surface area contributed by atoms with Gasteiger partial charge in [0.05, 0.1) is 10.2 Å². The van der Waals surface area contributed by atoms with Crippen LogP contribution in [0.4, 0.5) is 4.79 Å². The second-order valence-corrected chi connectivity index (χ2v) is 8.66. The van der Waals surface area contributed by atoms with E-state index in [1.807, 2.05) is 45.0 Å². The monoisotopic (exact) mass is 362 g/mol. The van der Waals surface area contributed by atoms with Crippen LogP contribution in [0.1, 0.15) is 57.6 Å². The lowest BCUT2D eigenvalue weighted by molar-refractivity contribution is 0.00236. The third-order valence-corrected chi connectivity index (χ3v) is 5.48. The molecule has 136 valence electrons. The van der Waals surface area contributed by atoms with Gasteiger partial charge in [-0.3, -0.25) is 0 Å². The summed E-state index contributed by atoms with van der Waals surface area (Å²) in [7, 11) is 0. The van der Waals surface area contributed by atoms with Crippen LogP contribution in [0.15, 0.2) is 24.3 Å². The van der Waals surface area contributed by atoms with Crippen LogP contribution in [0.3, 0.4) is 0 Å². The first kappa shape index (κ1) is 18.1. The second kappa shape index (κ2) is 7.30. The van der Waals surface area contributed by atoms with Gasteiger partial charge in [0.2, 0.25) is 0 Å². The van der Waals surface area contributed by atoms with Gasteiger partial charge in [0.1, 0.15) is 16.7 Å². The molecule has 0 saturated carbocycles. The van der Waals surface area contributed by atoms with Crippen LogP contribution < -0.4 is 0 Å². The van der Waals surface area contributed by atoms with E-state index in [0.717, 1.165) is 34.5 Å². The van der Waals surface area contributed by atoms with E-state index in [4.69, 9.17) is 4.74 Å². The van der Waals surface area contributed by atoms with Gasteiger partial charge in [-0.25, -0.2) is 9.78 Å². The summed E-state index contributed by atoms with van der Waals surface area (Å²) in [5, 5.41) is 11.4. The van der Waals surface area contributed by atoms with E-state index in [-0.39, 0.29) is 12.1 Å². The van der Waals surface area contributed by atoms with Crippen LogP contribution in [-0.2, 0) is 4.74 Å². The molecule has 0 radical (unpaired) electrons.